The Hall–Kier alpha value is -3.46. The van der Waals surface area contributed by atoms with Crippen molar-refractivity contribution in [1.82, 2.24) is 0 Å². The van der Waals surface area contributed by atoms with Gasteiger partial charge in [0.1, 0.15) is 0 Å². The van der Waals surface area contributed by atoms with Crippen LogP contribution >= 0.6 is 0 Å². The van der Waals surface area contributed by atoms with Crippen LogP contribution in [-0.2, 0) is 0 Å². The topological polar surface area (TPSA) is 6.48 Å². The monoisotopic (exact) mass is 388 g/mol. The van der Waals surface area contributed by atoms with Crippen LogP contribution in [0.1, 0.15) is 16.7 Å². The summed E-state index contributed by atoms with van der Waals surface area (Å²) < 4.78 is 0. The van der Waals surface area contributed by atoms with Crippen LogP contribution in [0.15, 0.2) is 97.1 Å². The number of hydrogen-bond donors (Lipinski definition) is 0. The Bertz CT molecular complexity index is 1170. The zero-order chi connectivity index (χ0) is 20.7. The third kappa shape index (κ3) is 2.90. The first-order valence-corrected chi connectivity index (χ1v) is 10.5. The largest absolute Gasteiger partial charge is 0.421 e. The number of para-hydroxylation sites is 3. The standard InChI is InChI=1S/C27H25BN2/c1-20-12-10-13-21(2)26(20)28-29(23-15-6-4-7-16-23)25-19-11-14-22(3)27(25)30(28)24-17-8-5-9-18-24/h4-19H,1-3H3. The Balaban J connectivity index is 1.85. The number of anilines is 4. The smallest absolute Gasteiger partial charge is 0.360 e. The zero-order valence-electron chi connectivity index (χ0n) is 17.7. The van der Waals surface area contributed by atoms with E-state index in [4.69, 9.17) is 0 Å². The Kier molecular flexibility index (Phi) is 4.59. The first-order chi connectivity index (χ1) is 14.7. The van der Waals surface area contributed by atoms with Gasteiger partial charge in [0.15, 0.2) is 0 Å². The Morgan fingerprint density at radius 3 is 1.60 bits per heavy atom. The number of hydrogen-bond acceptors (Lipinski definition) is 2. The summed E-state index contributed by atoms with van der Waals surface area (Å²) in [5, 5.41) is 0. The minimum Gasteiger partial charge on any atom is -0.360 e. The molecule has 0 saturated carbocycles. The van der Waals surface area contributed by atoms with Crippen LogP contribution in [0.3, 0.4) is 0 Å². The lowest BCUT2D eigenvalue weighted by molar-refractivity contribution is 1.34. The zero-order valence-corrected chi connectivity index (χ0v) is 17.7. The van der Waals surface area contributed by atoms with Gasteiger partial charge in [0, 0.05) is 11.4 Å². The normalized spacial score (nSPS) is 13.0. The SMILES string of the molecule is Cc1cccc(C)c1B1N(c2ccccc2)c2cccc(C)c2N1c1ccccc1. The fourth-order valence-electron chi connectivity index (χ4n) is 4.74. The maximum atomic E-state index is 2.51. The molecule has 1 aliphatic heterocycles. The molecule has 0 bridgehead atoms. The summed E-state index contributed by atoms with van der Waals surface area (Å²) in [5.41, 5.74) is 10.2. The van der Waals surface area contributed by atoms with E-state index < -0.39 is 0 Å². The van der Waals surface area contributed by atoms with E-state index in [9.17, 15) is 0 Å². The van der Waals surface area contributed by atoms with Crippen molar-refractivity contribution < 1.29 is 0 Å². The highest BCUT2D eigenvalue weighted by Crippen LogP contribution is 2.47. The molecule has 0 atom stereocenters. The van der Waals surface area contributed by atoms with Gasteiger partial charge < -0.3 is 9.62 Å². The van der Waals surface area contributed by atoms with Gasteiger partial charge in [-0.15, -0.1) is 0 Å². The van der Waals surface area contributed by atoms with Gasteiger partial charge in [-0.05, 0) is 62.1 Å². The van der Waals surface area contributed by atoms with Gasteiger partial charge in [0.25, 0.3) is 0 Å². The predicted octanol–water partition coefficient (Wildman–Crippen LogP) is 6.30. The number of rotatable bonds is 3. The molecule has 0 aromatic heterocycles. The summed E-state index contributed by atoms with van der Waals surface area (Å²) in [6.45, 7) is 6.71. The molecular weight excluding hydrogens is 363 g/mol. The summed E-state index contributed by atoms with van der Waals surface area (Å²) in [6, 6.07) is 34.7. The first kappa shape index (κ1) is 18.6. The third-order valence-electron chi connectivity index (χ3n) is 6.08. The second kappa shape index (κ2) is 7.42. The highest BCUT2D eigenvalue weighted by molar-refractivity contribution is 6.85. The van der Waals surface area contributed by atoms with Gasteiger partial charge in [0.05, 0.1) is 11.4 Å². The molecule has 4 aromatic carbocycles. The molecule has 4 aromatic rings. The summed E-state index contributed by atoms with van der Waals surface area (Å²) in [5.74, 6) is 0. The molecule has 1 heterocycles. The lowest BCUT2D eigenvalue weighted by atomic mass is 9.61. The van der Waals surface area contributed by atoms with E-state index in [0.29, 0.717) is 0 Å². The van der Waals surface area contributed by atoms with Gasteiger partial charge in [-0.1, -0.05) is 77.9 Å². The number of benzene rings is 4. The quantitative estimate of drug-likeness (QED) is 0.380. The molecule has 146 valence electrons. The van der Waals surface area contributed by atoms with Crippen LogP contribution in [0.5, 0.6) is 0 Å². The molecule has 0 N–H and O–H groups in total. The minimum absolute atomic E-state index is 0.0482. The van der Waals surface area contributed by atoms with Crippen LogP contribution in [0.4, 0.5) is 22.7 Å². The van der Waals surface area contributed by atoms with E-state index in [1.54, 1.807) is 0 Å². The van der Waals surface area contributed by atoms with Crippen molar-refractivity contribution in [3.8, 4) is 0 Å². The van der Waals surface area contributed by atoms with E-state index in [2.05, 4.69) is 127 Å². The second-order valence-electron chi connectivity index (χ2n) is 8.03. The molecule has 0 amide bonds. The summed E-state index contributed by atoms with van der Waals surface area (Å²) in [7, 11) is 0. The van der Waals surface area contributed by atoms with Gasteiger partial charge in [0.2, 0.25) is 0 Å². The molecule has 2 nitrogen and oxygen atoms in total. The van der Waals surface area contributed by atoms with Crippen LogP contribution in [0.2, 0.25) is 0 Å². The molecule has 0 radical (unpaired) electrons. The van der Waals surface area contributed by atoms with Crippen LogP contribution < -0.4 is 15.1 Å². The minimum atomic E-state index is 0.0482. The Morgan fingerprint density at radius 2 is 1.00 bits per heavy atom. The molecular formula is C27H25BN2. The second-order valence-corrected chi connectivity index (χ2v) is 8.03. The molecule has 1 aliphatic rings. The molecule has 0 aliphatic carbocycles. The fourth-order valence-corrected chi connectivity index (χ4v) is 4.74. The maximum Gasteiger partial charge on any atom is 0.421 e. The number of fused-ring (bicyclic) bond motifs is 1. The molecule has 5 rings (SSSR count). The van der Waals surface area contributed by atoms with Crippen molar-refractivity contribution >= 4 is 35.2 Å². The Labute approximate surface area is 179 Å². The number of nitrogens with zero attached hydrogens (tertiary/aromatic N) is 2. The van der Waals surface area contributed by atoms with Crippen molar-refractivity contribution in [2.45, 2.75) is 20.8 Å². The average molecular weight is 388 g/mol. The van der Waals surface area contributed by atoms with Gasteiger partial charge in [-0.3, -0.25) is 0 Å². The highest BCUT2D eigenvalue weighted by atomic mass is 15.3. The average Bonchev–Trinajstić information content (AvgIpc) is 3.11. The molecule has 0 unspecified atom stereocenters. The summed E-state index contributed by atoms with van der Waals surface area (Å²) >= 11 is 0. The van der Waals surface area contributed by atoms with Crippen molar-refractivity contribution in [3.63, 3.8) is 0 Å². The van der Waals surface area contributed by atoms with E-state index in [1.807, 2.05) is 0 Å². The van der Waals surface area contributed by atoms with Crippen molar-refractivity contribution in [2.24, 2.45) is 0 Å². The summed E-state index contributed by atoms with van der Waals surface area (Å²) in [4.78, 5) is 5.00. The van der Waals surface area contributed by atoms with Crippen LogP contribution in [0.25, 0.3) is 0 Å². The fraction of sp³-hybridized carbons (Fsp3) is 0.111. The van der Waals surface area contributed by atoms with E-state index in [0.717, 1.165) is 0 Å². The van der Waals surface area contributed by atoms with E-state index >= 15 is 0 Å². The van der Waals surface area contributed by atoms with Crippen molar-refractivity contribution in [1.29, 1.82) is 0 Å². The highest BCUT2D eigenvalue weighted by Gasteiger charge is 2.45. The van der Waals surface area contributed by atoms with Crippen LogP contribution in [-0.4, -0.2) is 6.98 Å². The van der Waals surface area contributed by atoms with Gasteiger partial charge >= 0.3 is 6.98 Å². The third-order valence-corrected chi connectivity index (χ3v) is 6.08. The van der Waals surface area contributed by atoms with Crippen molar-refractivity contribution in [3.05, 3.63) is 114 Å². The first-order valence-electron chi connectivity index (χ1n) is 10.5. The van der Waals surface area contributed by atoms with E-state index in [1.165, 1.54) is 44.9 Å². The molecule has 0 spiro atoms. The lowest BCUT2D eigenvalue weighted by Crippen LogP contribution is -2.55. The van der Waals surface area contributed by atoms with E-state index in [-0.39, 0.29) is 6.98 Å². The molecule has 0 fully saturated rings. The predicted molar refractivity (Wildman–Crippen MR) is 130 cm³/mol. The van der Waals surface area contributed by atoms with Crippen molar-refractivity contribution in [2.75, 3.05) is 9.62 Å². The Morgan fingerprint density at radius 1 is 0.500 bits per heavy atom. The maximum absolute atomic E-state index is 2.51. The van der Waals surface area contributed by atoms with Gasteiger partial charge in [-0.2, -0.15) is 0 Å². The molecule has 30 heavy (non-hydrogen) atoms. The number of aryl methyl sites for hydroxylation is 3. The van der Waals surface area contributed by atoms with Crippen LogP contribution in [0, 0.1) is 20.8 Å². The van der Waals surface area contributed by atoms with Gasteiger partial charge in [-0.25, -0.2) is 0 Å². The summed E-state index contributed by atoms with van der Waals surface area (Å²) in [6.07, 6.45) is 0. The molecule has 3 heteroatoms. The lowest BCUT2D eigenvalue weighted by Gasteiger charge is -2.32. The molecule has 0 saturated heterocycles.